The Morgan fingerprint density at radius 1 is 1.08 bits per heavy atom. The summed E-state index contributed by atoms with van der Waals surface area (Å²) in [5.74, 6) is -0.959. The second kappa shape index (κ2) is 6.36. The number of rotatable bonds is 4. The fraction of sp³-hybridized carbons (Fsp3) is 0.600. The lowest BCUT2D eigenvalue weighted by Crippen LogP contribution is -2.67. The third-order valence-corrected chi connectivity index (χ3v) is 5.98. The Morgan fingerprint density at radius 2 is 1.68 bits per heavy atom. The standard InChI is InChI=1S/C20H27NO4/c1-18(2)8-10-19(11-9-18)13-20(14-19,16(22)23)21-17(24)25-12-15-6-4-3-5-7-15/h3-7H,8-14H2,1-2H3,(H,21,24)(H,22,23). The van der Waals surface area contributed by atoms with E-state index < -0.39 is 17.6 Å². The summed E-state index contributed by atoms with van der Waals surface area (Å²) in [5, 5.41) is 12.3. The van der Waals surface area contributed by atoms with E-state index in [1.807, 2.05) is 30.3 Å². The Hall–Kier alpha value is -2.04. The Balaban J connectivity index is 1.56. The van der Waals surface area contributed by atoms with E-state index in [1.54, 1.807) is 0 Å². The molecule has 136 valence electrons. The lowest BCUT2D eigenvalue weighted by Gasteiger charge is -2.57. The van der Waals surface area contributed by atoms with Crippen LogP contribution in [0.3, 0.4) is 0 Å². The third kappa shape index (κ3) is 3.80. The molecule has 5 heteroatoms. The second-order valence-electron chi connectivity index (χ2n) is 8.59. The molecule has 2 aliphatic rings. The summed E-state index contributed by atoms with van der Waals surface area (Å²) in [6.45, 7) is 4.67. The van der Waals surface area contributed by atoms with E-state index in [4.69, 9.17) is 4.74 Å². The van der Waals surface area contributed by atoms with Gasteiger partial charge in [-0.1, -0.05) is 44.2 Å². The van der Waals surface area contributed by atoms with Gasteiger partial charge in [0.1, 0.15) is 12.1 Å². The topological polar surface area (TPSA) is 75.6 Å². The van der Waals surface area contributed by atoms with Crippen molar-refractivity contribution in [3.8, 4) is 0 Å². The number of alkyl carbamates (subject to hydrolysis) is 1. The number of carbonyl (C=O) groups is 2. The number of carboxylic acids is 1. The van der Waals surface area contributed by atoms with E-state index in [9.17, 15) is 14.7 Å². The van der Waals surface area contributed by atoms with Crippen LogP contribution in [0.2, 0.25) is 0 Å². The molecule has 2 saturated carbocycles. The van der Waals surface area contributed by atoms with Crippen LogP contribution in [-0.4, -0.2) is 22.7 Å². The number of carbonyl (C=O) groups excluding carboxylic acids is 1. The van der Waals surface area contributed by atoms with E-state index >= 15 is 0 Å². The number of hydrogen-bond acceptors (Lipinski definition) is 3. The molecule has 5 nitrogen and oxygen atoms in total. The molecular formula is C20H27NO4. The molecule has 1 aromatic carbocycles. The summed E-state index contributed by atoms with van der Waals surface area (Å²) in [4.78, 5) is 23.9. The number of ether oxygens (including phenoxy) is 1. The maximum atomic E-state index is 12.1. The highest BCUT2D eigenvalue weighted by molar-refractivity contribution is 5.85. The van der Waals surface area contributed by atoms with Crippen molar-refractivity contribution < 1.29 is 19.4 Å². The van der Waals surface area contributed by atoms with Crippen molar-refractivity contribution in [2.45, 2.75) is 64.5 Å². The minimum atomic E-state index is -1.17. The van der Waals surface area contributed by atoms with Crippen LogP contribution < -0.4 is 5.32 Å². The number of amides is 1. The first-order valence-corrected chi connectivity index (χ1v) is 8.97. The molecule has 1 spiro atoms. The highest BCUT2D eigenvalue weighted by Crippen LogP contribution is 2.59. The van der Waals surface area contributed by atoms with E-state index in [1.165, 1.54) is 0 Å². The van der Waals surface area contributed by atoms with Gasteiger partial charge in [-0.15, -0.1) is 0 Å². The lowest BCUT2D eigenvalue weighted by molar-refractivity contribution is -0.159. The first-order chi connectivity index (χ1) is 11.7. The van der Waals surface area contributed by atoms with Crippen LogP contribution in [0, 0.1) is 10.8 Å². The van der Waals surface area contributed by atoms with Gasteiger partial charge in [0, 0.05) is 0 Å². The normalized spacial score (nSPS) is 22.6. The number of benzene rings is 1. The SMILES string of the molecule is CC1(C)CCC2(CC1)CC(NC(=O)OCc1ccccc1)(C(=O)O)C2. The molecule has 1 aromatic rings. The number of nitrogens with one attached hydrogen (secondary N) is 1. The zero-order valence-corrected chi connectivity index (χ0v) is 15.0. The highest BCUT2D eigenvalue weighted by atomic mass is 16.5. The molecule has 25 heavy (non-hydrogen) atoms. The molecule has 2 aliphatic carbocycles. The smallest absolute Gasteiger partial charge is 0.408 e. The third-order valence-electron chi connectivity index (χ3n) is 5.98. The second-order valence-corrected chi connectivity index (χ2v) is 8.59. The fourth-order valence-corrected chi connectivity index (χ4v) is 4.29. The average Bonchev–Trinajstić information content (AvgIpc) is 2.54. The number of hydrogen-bond donors (Lipinski definition) is 2. The summed E-state index contributed by atoms with van der Waals surface area (Å²) >= 11 is 0. The molecule has 2 fully saturated rings. The van der Waals surface area contributed by atoms with E-state index in [2.05, 4.69) is 19.2 Å². The van der Waals surface area contributed by atoms with Gasteiger partial charge in [0.25, 0.3) is 0 Å². The van der Waals surface area contributed by atoms with Crippen LogP contribution in [0.25, 0.3) is 0 Å². The Kier molecular flexibility index (Phi) is 4.52. The van der Waals surface area contributed by atoms with Gasteiger partial charge < -0.3 is 15.2 Å². The molecule has 0 unspecified atom stereocenters. The Labute approximate surface area is 148 Å². The summed E-state index contributed by atoms with van der Waals surface area (Å²) in [6.07, 6.45) is 4.66. The van der Waals surface area contributed by atoms with Crippen LogP contribution in [0.5, 0.6) is 0 Å². The van der Waals surface area contributed by atoms with Gasteiger partial charge in [0.15, 0.2) is 0 Å². The zero-order valence-electron chi connectivity index (χ0n) is 15.0. The number of aliphatic carboxylic acids is 1. The van der Waals surface area contributed by atoms with Crippen LogP contribution >= 0.6 is 0 Å². The predicted octanol–water partition coefficient (Wildman–Crippen LogP) is 4.12. The molecule has 0 radical (unpaired) electrons. The van der Waals surface area contributed by atoms with Gasteiger partial charge in [-0.05, 0) is 54.9 Å². The lowest BCUT2D eigenvalue weighted by atomic mass is 9.49. The van der Waals surface area contributed by atoms with Gasteiger partial charge in [-0.2, -0.15) is 0 Å². The van der Waals surface area contributed by atoms with Crippen LogP contribution in [0.1, 0.15) is 57.9 Å². The molecule has 0 aliphatic heterocycles. The summed E-state index contributed by atoms with van der Waals surface area (Å²) in [7, 11) is 0. The first-order valence-electron chi connectivity index (χ1n) is 8.97. The molecule has 0 aromatic heterocycles. The van der Waals surface area contributed by atoms with Crippen molar-refractivity contribution in [2.75, 3.05) is 0 Å². The van der Waals surface area contributed by atoms with Crippen molar-refractivity contribution in [2.24, 2.45) is 10.8 Å². The molecule has 1 amide bonds. The maximum Gasteiger partial charge on any atom is 0.408 e. The molecule has 2 N–H and O–H groups in total. The molecule has 0 bridgehead atoms. The molecular weight excluding hydrogens is 318 g/mol. The quantitative estimate of drug-likeness (QED) is 0.861. The summed E-state index contributed by atoms with van der Waals surface area (Å²) in [6, 6.07) is 9.36. The van der Waals surface area contributed by atoms with Crippen LogP contribution in [0.15, 0.2) is 30.3 Å². The van der Waals surface area contributed by atoms with Crippen molar-refractivity contribution in [1.82, 2.24) is 5.32 Å². The molecule has 0 atom stereocenters. The predicted molar refractivity (Wildman–Crippen MR) is 94.0 cm³/mol. The highest BCUT2D eigenvalue weighted by Gasteiger charge is 2.61. The molecule has 0 saturated heterocycles. The maximum absolute atomic E-state index is 12.1. The molecule has 3 rings (SSSR count). The van der Waals surface area contributed by atoms with Crippen LogP contribution in [-0.2, 0) is 16.1 Å². The number of carboxylic acid groups (broad SMARTS) is 1. The minimum absolute atomic E-state index is 0.0701. The van der Waals surface area contributed by atoms with Crippen molar-refractivity contribution in [3.05, 3.63) is 35.9 Å². The Bertz CT molecular complexity index is 635. The van der Waals surface area contributed by atoms with Gasteiger partial charge in [-0.3, -0.25) is 0 Å². The van der Waals surface area contributed by atoms with Crippen molar-refractivity contribution >= 4 is 12.1 Å². The van der Waals surface area contributed by atoms with E-state index in [0.717, 1.165) is 31.2 Å². The average molecular weight is 345 g/mol. The Morgan fingerprint density at radius 3 is 2.24 bits per heavy atom. The summed E-state index contributed by atoms with van der Waals surface area (Å²) < 4.78 is 5.21. The summed E-state index contributed by atoms with van der Waals surface area (Å²) in [5.41, 5.74) is 0.117. The van der Waals surface area contributed by atoms with Gasteiger partial charge >= 0.3 is 12.1 Å². The van der Waals surface area contributed by atoms with Gasteiger partial charge in [0.2, 0.25) is 0 Å². The first kappa shape index (κ1) is 17.8. The van der Waals surface area contributed by atoms with E-state index in [-0.39, 0.29) is 12.0 Å². The van der Waals surface area contributed by atoms with Crippen molar-refractivity contribution in [3.63, 3.8) is 0 Å². The van der Waals surface area contributed by atoms with Gasteiger partial charge in [0.05, 0.1) is 0 Å². The van der Waals surface area contributed by atoms with Crippen molar-refractivity contribution in [1.29, 1.82) is 0 Å². The molecule has 0 heterocycles. The minimum Gasteiger partial charge on any atom is -0.480 e. The zero-order chi connectivity index (χ0) is 18.1. The monoisotopic (exact) mass is 345 g/mol. The fourth-order valence-electron chi connectivity index (χ4n) is 4.29. The van der Waals surface area contributed by atoms with Gasteiger partial charge in [-0.25, -0.2) is 9.59 Å². The van der Waals surface area contributed by atoms with E-state index in [0.29, 0.717) is 18.3 Å². The largest absolute Gasteiger partial charge is 0.480 e. The van der Waals surface area contributed by atoms with Crippen LogP contribution in [0.4, 0.5) is 4.79 Å².